The monoisotopic (exact) mass is 309 g/mol. The third kappa shape index (κ3) is 3.05. The van der Waals surface area contributed by atoms with Gasteiger partial charge in [0.05, 0.1) is 4.92 Å². The van der Waals surface area contributed by atoms with Crippen molar-refractivity contribution in [2.24, 2.45) is 5.92 Å². The minimum atomic E-state index is -0.278. The number of piperazine rings is 1. The minimum absolute atomic E-state index is 0.125. The van der Waals surface area contributed by atoms with Crippen LogP contribution in [-0.2, 0) is 0 Å². The molecule has 1 saturated carbocycles. The summed E-state index contributed by atoms with van der Waals surface area (Å²) in [6.07, 6.45) is 3.53. The molecule has 0 bridgehead atoms. The Labute approximate surface area is 129 Å². The van der Waals surface area contributed by atoms with Crippen LogP contribution in [0.2, 0.25) is 5.02 Å². The smallest absolute Gasteiger partial charge is 0.274 e. The molecule has 0 radical (unpaired) electrons. The van der Waals surface area contributed by atoms with Crippen LogP contribution in [0.4, 0.5) is 5.69 Å². The molecular weight excluding hydrogens is 290 g/mol. The van der Waals surface area contributed by atoms with Crippen molar-refractivity contribution in [1.29, 1.82) is 0 Å². The Morgan fingerprint density at radius 1 is 1.33 bits per heavy atom. The van der Waals surface area contributed by atoms with Gasteiger partial charge in [-0.3, -0.25) is 15.0 Å². The van der Waals surface area contributed by atoms with Crippen molar-refractivity contribution in [3.8, 4) is 0 Å². The maximum atomic E-state index is 11.4. The van der Waals surface area contributed by atoms with Gasteiger partial charge in [0.25, 0.3) is 5.69 Å². The SMILES string of the molecule is O=[N+]([O-])c1ccc(Cl)cc1[C@@H](C1CCC1)N1CCNCC1. The predicted octanol–water partition coefficient (Wildman–Crippen LogP) is 2.99. The van der Waals surface area contributed by atoms with Gasteiger partial charge in [-0.1, -0.05) is 18.0 Å². The third-order valence-electron chi connectivity index (χ3n) is 4.65. The van der Waals surface area contributed by atoms with E-state index >= 15 is 0 Å². The molecule has 1 aliphatic heterocycles. The van der Waals surface area contributed by atoms with Crippen LogP contribution in [0.5, 0.6) is 0 Å². The zero-order chi connectivity index (χ0) is 14.8. The van der Waals surface area contributed by atoms with Gasteiger partial charge in [0.15, 0.2) is 0 Å². The molecule has 0 aromatic heterocycles. The predicted molar refractivity (Wildman–Crippen MR) is 82.6 cm³/mol. The molecule has 2 aliphatic rings. The van der Waals surface area contributed by atoms with Crippen LogP contribution >= 0.6 is 11.6 Å². The van der Waals surface area contributed by atoms with Gasteiger partial charge in [-0.25, -0.2) is 0 Å². The molecule has 0 amide bonds. The molecule has 1 aromatic carbocycles. The van der Waals surface area contributed by atoms with Crippen LogP contribution in [0.1, 0.15) is 30.9 Å². The van der Waals surface area contributed by atoms with E-state index in [0.717, 1.165) is 44.6 Å². The van der Waals surface area contributed by atoms with E-state index in [-0.39, 0.29) is 16.7 Å². The molecule has 2 fully saturated rings. The molecule has 0 spiro atoms. The van der Waals surface area contributed by atoms with Crippen LogP contribution in [-0.4, -0.2) is 36.0 Å². The Bertz CT molecular complexity index is 528. The van der Waals surface area contributed by atoms with E-state index in [4.69, 9.17) is 11.6 Å². The summed E-state index contributed by atoms with van der Waals surface area (Å²) in [6, 6.07) is 5.08. The molecule has 3 rings (SSSR count). The standard InChI is InChI=1S/C15H20ClN3O2/c16-12-4-5-14(19(20)21)13(10-12)15(11-2-1-3-11)18-8-6-17-7-9-18/h4-5,10-11,15,17H,1-3,6-9H2/t15-/m1/s1. The molecule has 6 heteroatoms. The molecule has 5 nitrogen and oxygen atoms in total. The average Bonchev–Trinajstić information content (AvgIpc) is 2.43. The van der Waals surface area contributed by atoms with Crippen molar-refractivity contribution >= 4 is 17.3 Å². The Morgan fingerprint density at radius 3 is 2.62 bits per heavy atom. The Kier molecular flexibility index (Phi) is 4.42. The maximum Gasteiger partial charge on any atom is 0.274 e. The van der Waals surface area contributed by atoms with Gasteiger partial charge >= 0.3 is 0 Å². The number of rotatable bonds is 4. The van der Waals surface area contributed by atoms with Crippen molar-refractivity contribution in [1.82, 2.24) is 10.2 Å². The fourth-order valence-corrected chi connectivity index (χ4v) is 3.57. The fourth-order valence-electron chi connectivity index (χ4n) is 3.39. The average molecular weight is 310 g/mol. The van der Waals surface area contributed by atoms with E-state index in [9.17, 15) is 10.1 Å². The van der Waals surface area contributed by atoms with Crippen LogP contribution in [0.25, 0.3) is 0 Å². The number of nitro benzene ring substituents is 1. The first-order valence-corrected chi connectivity index (χ1v) is 7.93. The van der Waals surface area contributed by atoms with Gasteiger partial charge in [-0.15, -0.1) is 0 Å². The largest absolute Gasteiger partial charge is 0.314 e. The fraction of sp³-hybridized carbons (Fsp3) is 0.600. The van der Waals surface area contributed by atoms with Crippen molar-refractivity contribution < 1.29 is 4.92 Å². The molecule has 1 heterocycles. The van der Waals surface area contributed by atoms with Crippen molar-refractivity contribution in [2.45, 2.75) is 25.3 Å². The molecule has 21 heavy (non-hydrogen) atoms. The summed E-state index contributed by atoms with van der Waals surface area (Å²) in [6.45, 7) is 3.75. The molecule has 1 atom stereocenters. The molecule has 1 N–H and O–H groups in total. The second kappa shape index (κ2) is 6.30. The van der Waals surface area contributed by atoms with Gasteiger partial charge in [-0.05, 0) is 30.9 Å². The normalized spacial score (nSPS) is 21.8. The zero-order valence-corrected chi connectivity index (χ0v) is 12.7. The van der Waals surface area contributed by atoms with Crippen LogP contribution in [0, 0.1) is 16.0 Å². The van der Waals surface area contributed by atoms with Crippen LogP contribution in [0.15, 0.2) is 18.2 Å². The van der Waals surface area contributed by atoms with Crippen molar-refractivity contribution in [3.63, 3.8) is 0 Å². The summed E-state index contributed by atoms with van der Waals surface area (Å²) in [7, 11) is 0. The zero-order valence-electron chi connectivity index (χ0n) is 11.9. The first-order valence-electron chi connectivity index (χ1n) is 7.55. The second-order valence-electron chi connectivity index (χ2n) is 5.88. The van der Waals surface area contributed by atoms with Crippen molar-refractivity contribution in [2.75, 3.05) is 26.2 Å². The number of halogens is 1. The minimum Gasteiger partial charge on any atom is -0.314 e. The number of nitrogens with zero attached hydrogens (tertiary/aromatic N) is 2. The maximum absolute atomic E-state index is 11.4. The number of hydrogen-bond acceptors (Lipinski definition) is 4. The van der Waals surface area contributed by atoms with E-state index in [1.807, 2.05) is 0 Å². The number of hydrogen-bond donors (Lipinski definition) is 1. The van der Waals surface area contributed by atoms with Gasteiger partial charge in [-0.2, -0.15) is 0 Å². The highest BCUT2D eigenvalue weighted by atomic mass is 35.5. The summed E-state index contributed by atoms with van der Waals surface area (Å²) in [4.78, 5) is 13.5. The Balaban J connectivity index is 1.98. The molecule has 114 valence electrons. The quantitative estimate of drug-likeness (QED) is 0.686. The molecule has 1 aromatic rings. The van der Waals surface area contributed by atoms with Crippen LogP contribution in [0.3, 0.4) is 0 Å². The number of nitrogens with one attached hydrogen (secondary N) is 1. The number of benzene rings is 1. The topological polar surface area (TPSA) is 58.4 Å². The lowest BCUT2D eigenvalue weighted by molar-refractivity contribution is -0.386. The number of nitro groups is 1. The lowest BCUT2D eigenvalue weighted by atomic mass is 9.76. The first-order chi connectivity index (χ1) is 10.2. The van der Waals surface area contributed by atoms with Gasteiger partial charge < -0.3 is 5.32 Å². The molecule has 0 unspecified atom stereocenters. The summed E-state index contributed by atoms with van der Waals surface area (Å²) >= 11 is 6.12. The Morgan fingerprint density at radius 2 is 2.05 bits per heavy atom. The highest BCUT2D eigenvalue weighted by Crippen LogP contribution is 2.44. The van der Waals surface area contributed by atoms with E-state index in [1.165, 1.54) is 6.42 Å². The lowest BCUT2D eigenvalue weighted by Gasteiger charge is -2.43. The molecule has 1 saturated heterocycles. The molecular formula is C15H20ClN3O2. The van der Waals surface area contributed by atoms with Gasteiger partial charge in [0.2, 0.25) is 0 Å². The summed E-state index contributed by atoms with van der Waals surface area (Å²) in [5.74, 6) is 0.514. The van der Waals surface area contributed by atoms with E-state index in [2.05, 4.69) is 10.2 Å². The Hall–Kier alpha value is -1.17. The van der Waals surface area contributed by atoms with Gasteiger partial charge in [0, 0.05) is 48.9 Å². The van der Waals surface area contributed by atoms with Crippen LogP contribution < -0.4 is 5.32 Å². The lowest BCUT2D eigenvalue weighted by Crippen LogP contribution is -2.48. The van der Waals surface area contributed by atoms with E-state index in [0.29, 0.717) is 10.9 Å². The summed E-state index contributed by atoms with van der Waals surface area (Å²) in [5.41, 5.74) is 0.994. The van der Waals surface area contributed by atoms with Gasteiger partial charge in [0.1, 0.15) is 0 Å². The second-order valence-corrected chi connectivity index (χ2v) is 6.32. The summed E-state index contributed by atoms with van der Waals surface area (Å²) < 4.78 is 0. The first kappa shape index (κ1) is 14.8. The van der Waals surface area contributed by atoms with Crippen molar-refractivity contribution in [3.05, 3.63) is 38.9 Å². The molecule has 1 aliphatic carbocycles. The van der Waals surface area contributed by atoms with E-state index in [1.54, 1.807) is 18.2 Å². The summed E-state index contributed by atoms with van der Waals surface area (Å²) in [5, 5.41) is 15.3. The highest BCUT2D eigenvalue weighted by molar-refractivity contribution is 6.30. The third-order valence-corrected chi connectivity index (χ3v) is 4.88. The van der Waals surface area contributed by atoms with E-state index < -0.39 is 0 Å². The highest BCUT2D eigenvalue weighted by Gasteiger charge is 2.37.